The lowest BCUT2D eigenvalue weighted by Crippen LogP contribution is -2.49. The van der Waals surface area contributed by atoms with E-state index in [-0.39, 0.29) is 23.5 Å². The fourth-order valence-electron chi connectivity index (χ4n) is 3.74. The van der Waals surface area contributed by atoms with Crippen LogP contribution in [0.25, 0.3) is 10.9 Å². The van der Waals surface area contributed by atoms with Crippen molar-refractivity contribution in [3.63, 3.8) is 0 Å². The van der Waals surface area contributed by atoms with Crippen LogP contribution in [-0.2, 0) is 24.7 Å². The number of ketones is 1. The third-order valence-electron chi connectivity index (χ3n) is 5.12. The third-order valence-corrected chi connectivity index (χ3v) is 5.12. The average molecular weight is 404 g/mol. The predicted molar refractivity (Wildman–Crippen MR) is 104 cm³/mol. The van der Waals surface area contributed by atoms with Gasteiger partial charge in [-0.25, -0.2) is 9.59 Å². The van der Waals surface area contributed by atoms with Crippen LogP contribution >= 0.6 is 0 Å². The van der Waals surface area contributed by atoms with Crippen LogP contribution in [-0.4, -0.2) is 55.2 Å². The van der Waals surface area contributed by atoms with Gasteiger partial charge in [-0.3, -0.25) is 4.79 Å². The van der Waals surface area contributed by atoms with Gasteiger partial charge in [0.15, 0.2) is 11.4 Å². The molecule has 2 heterocycles. The molecule has 3 N–H and O–H groups in total. The summed E-state index contributed by atoms with van der Waals surface area (Å²) in [5, 5.41) is 15.0. The third kappa shape index (κ3) is 3.31. The monoisotopic (exact) mass is 404 g/mol. The Labute approximate surface area is 167 Å². The molecule has 2 unspecified atom stereocenters. The van der Waals surface area contributed by atoms with Crippen molar-refractivity contribution in [3.8, 4) is 5.75 Å². The predicted octanol–water partition coefficient (Wildman–Crippen LogP) is 1.88. The lowest BCUT2D eigenvalue weighted by Gasteiger charge is -2.37. The number of fused-ring (bicyclic) bond motifs is 3. The summed E-state index contributed by atoms with van der Waals surface area (Å²) in [6.07, 6.45) is 0.735. The Morgan fingerprint density at radius 1 is 1.21 bits per heavy atom. The number of hydrogen-bond donors (Lipinski definition) is 3. The van der Waals surface area contributed by atoms with Gasteiger partial charge in [0.05, 0.1) is 38.2 Å². The molecule has 156 valence electrons. The Bertz CT molecular complexity index is 981. The first-order valence-corrected chi connectivity index (χ1v) is 9.23. The second-order valence-electron chi connectivity index (χ2n) is 6.93. The largest absolute Gasteiger partial charge is 0.495 e. The van der Waals surface area contributed by atoms with Gasteiger partial charge < -0.3 is 29.6 Å². The highest BCUT2D eigenvalue weighted by molar-refractivity contribution is 6.05. The number of esters is 2. The topological polar surface area (TPSA) is 127 Å². The molecule has 3 rings (SSSR count). The number of H-pyrrole nitrogens is 1. The zero-order valence-electron chi connectivity index (χ0n) is 16.8. The highest BCUT2D eigenvalue weighted by atomic mass is 16.5. The molecule has 1 aromatic heterocycles. The molecule has 1 aliphatic heterocycles. The van der Waals surface area contributed by atoms with Gasteiger partial charge in [-0.2, -0.15) is 0 Å². The van der Waals surface area contributed by atoms with E-state index < -0.39 is 23.6 Å². The summed E-state index contributed by atoms with van der Waals surface area (Å²) < 4.78 is 15.0. The molecule has 0 amide bonds. The molecular formula is C20H24N2O7. The zero-order valence-corrected chi connectivity index (χ0v) is 16.8. The van der Waals surface area contributed by atoms with E-state index in [1.165, 1.54) is 14.2 Å². The molecule has 0 saturated carbocycles. The maximum absolute atomic E-state index is 12.6. The van der Waals surface area contributed by atoms with E-state index >= 15 is 0 Å². The van der Waals surface area contributed by atoms with Crippen LogP contribution in [0.1, 0.15) is 42.2 Å². The number of carbonyl (C=O) groups excluding carboxylic acids is 3. The summed E-state index contributed by atoms with van der Waals surface area (Å²) in [5.74, 6) is -1.36. The molecule has 9 nitrogen and oxygen atoms in total. The molecule has 0 aliphatic carbocycles. The number of hydrogen-bond acceptors (Lipinski definition) is 8. The standard InChI is InChI=1S/C20H24N2O7/c1-5-6-13(23)11-7-10-8-14(27-2)17-15(16(10)21-11)20(26,19(25)29-4)9-12(22-17)18(24)28-3/h7-8,12,21-22,26H,5-6,9H2,1-4H3. The first kappa shape index (κ1) is 20.7. The second-order valence-corrected chi connectivity index (χ2v) is 6.93. The molecule has 1 aliphatic rings. The molecule has 2 atom stereocenters. The number of anilines is 1. The van der Waals surface area contributed by atoms with Gasteiger partial charge in [-0.05, 0) is 18.6 Å². The number of ether oxygens (including phenoxy) is 3. The second kappa shape index (κ2) is 7.75. The molecule has 0 fully saturated rings. The molecule has 0 radical (unpaired) electrons. The van der Waals surface area contributed by atoms with Crippen molar-refractivity contribution in [2.45, 2.75) is 37.8 Å². The van der Waals surface area contributed by atoms with Gasteiger partial charge in [-0.15, -0.1) is 0 Å². The fraction of sp³-hybridized carbons (Fsp3) is 0.450. The van der Waals surface area contributed by atoms with Crippen molar-refractivity contribution in [2.75, 3.05) is 26.6 Å². The minimum absolute atomic E-state index is 0.0887. The van der Waals surface area contributed by atoms with E-state index in [0.29, 0.717) is 35.2 Å². The quantitative estimate of drug-likeness (QED) is 0.492. The van der Waals surface area contributed by atoms with Crippen molar-refractivity contribution in [2.24, 2.45) is 0 Å². The number of carbonyl (C=O) groups is 3. The lowest BCUT2D eigenvalue weighted by atomic mass is 9.81. The number of aliphatic hydroxyl groups is 1. The minimum Gasteiger partial charge on any atom is -0.495 e. The number of aromatic nitrogens is 1. The maximum Gasteiger partial charge on any atom is 0.342 e. The van der Waals surface area contributed by atoms with Crippen LogP contribution in [0.2, 0.25) is 0 Å². The number of rotatable bonds is 6. The molecule has 9 heteroatoms. The van der Waals surface area contributed by atoms with Gasteiger partial charge in [-0.1, -0.05) is 6.92 Å². The number of benzene rings is 1. The SMILES string of the molecule is CCCC(=O)c1cc2cc(OC)c3c(c2[nH]1)C(O)(C(=O)OC)CC(C(=O)OC)N3. The lowest BCUT2D eigenvalue weighted by molar-refractivity contribution is -0.166. The van der Waals surface area contributed by atoms with Crippen LogP contribution in [0.5, 0.6) is 5.75 Å². The summed E-state index contributed by atoms with van der Waals surface area (Å²) >= 11 is 0. The Balaban J connectivity index is 2.31. The Hall–Kier alpha value is -3.07. The zero-order chi connectivity index (χ0) is 21.3. The van der Waals surface area contributed by atoms with Crippen molar-refractivity contribution in [3.05, 3.63) is 23.4 Å². The van der Waals surface area contributed by atoms with Crippen LogP contribution < -0.4 is 10.1 Å². The minimum atomic E-state index is -2.16. The van der Waals surface area contributed by atoms with Crippen LogP contribution in [0, 0.1) is 0 Å². The molecule has 29 heavy (non-hydrogen) atoms. The van der Waals surface area contributed by atoms with E-state index in [1.54, 1.807) is 12.1 Å². The van der Waals surface area contributed by atoms with E-state index in [2.05, 4.69) is 10.3 Å². The normalized spacial score (nSPS) is 20.5. The Morgan fingerprint density at radius 2 is 1.93 bits per heavy atom. The first-order valence-electron chi connectivity index (χ1n) is 9.23. The van der Waals surface area contributed by atoms with Gasteiger partial charge >= 0.3 is 11.9 Å². The fourth-order valence-corrected chi connectivity index (χ4v) is 3.74. The summed E-state index contributed by atoms with van der Waals surface area (Å²) in [6, 6.07) is 2.32. The van der Waals surface area contributed by atoms with Crippen molar-refractivity contribution in [1.29, 1.82) is 0 Å². The Morgan fingerprint density at radius 3 is 2.52 bits per heavy atom. The number of nitrogens with one attached hydrogen (secondary N) is 2. The summed E-state index contributed by atoms with van der Waals surface area (Å²) in [4.78, 5) is 40.2. The number of aromatic amines is 1. The Kier molecular flexibility index (Phi) is 5.52. The van der Waals surface area contributed by atoms with Crippen molar-refractivity contribution >= 4 is 34.3 Å². The molecule has 0 saturated heterocycles. The van der Waals surface area contributed by atoms with Gasteiger partial charge in [0.1, 0.15) is 11.8 Å². The van der Waals surface area contributed by atoms with Gasteiger partial charge in [0, 0.05) is 23.8 Å². The molecule has 2 aromatic rings. The number of Topliss-reactive ketones (excluding diaryl/α,β-unsaturated/α-hetero) is 1. The summed E-state index contributed by atoms with van der Waals surface area (Å²) in [6.45, 7) is 1.90. The van der Waals surface area contributed by atoms with Gasteiger partial charge in [0.25, 0.3) is 0 Å². The summed E-state index contributed by atoms with van der Waals surface area (Å²) in [5.41, 5.74) is -0.986. The van der Waals surface area contributed by atoms with Crippen molar-refractivity contribution < 1.29 is 33.7 Å². The molecule has 1 aromatic carbocycles. The highest BCUT2D eigenvalue weighted by Gasteiger charge is 2.50. The van der Waals surface area contributed by atoms with E-state index in [0.717, 1.165) is 7.11 Å². The van der Waals surface area contributed by atoms with Crippen LogP contribution in [0.15, 0.2) is 12.1 Å². The van der Waals surface area contributed by atoms with E-state index in [4.69, 9.17) is 14.2 Å². The van der Waals surface area contributed by atoms with Crippen LogP contribution in [0.4, 0.5) is 5.69 Å². The van der Waals surface area contributed by atoms with E-state index in [1.807, 2.05) is 6.92 Å². The molecule has 0 bridgehead atoms. The van der Waals surface area contributed by atoms with Gasteiger partial charge in [0.2, 0.25) is 0 Å². The number of methoxy groups -OCH3 is 3. The highest BCUT2D eigenvalue weighted by Crippen LogP contribution is 2.47. The molecular weight excluding hydrogens is 380 g/mol. The van der Waals surface area contributed by atoms with E-state index in [9.17, 15) is 19.5 Å². The smallest absolute Gasteiger partial charge is 0.342 e. The first-order chi connectivity index (χ1) is 13.8. The van der Waals surface area contributed by atoms with Crippen molar-refractivity contribution in [1.82, 2.24) is 4.98 Å². The van der Waals surface area contributed by atoms with Crippen LogP contribution in [0.3, 0.4) is 0 Å². The molecule has 0 spiro atoms. The summed E-state index contributed by atoms with van der Waals surface area (Å²) in [7, 11) is 3.79. The average Bonchev–Trinajstić information content (AvgIpc) is 3.15. The maximum atomic E-state index is 12.6.